The maximum Gasteiger partial charge on any atom is 0.280 e. The molecule has 4 atom stereocenters. The third-order valence-electron chi connectivity index (χ3n) is 6.36. The summed E-state index contributed by atoms with van der Waals surface area (Å²) in [5.41, 5.74) is 12.8. The molecule has 1 aliphatic rings. The molecular weight excluding hydrogens is 492 g/mol. The van der Waals surface area contributed by atoms with Gasteiger partial charge in [0.05, 0.1) is 31.4 Å². The Morgan fingerprint density at radius 2 is 1.87 bits per heavy atom. The van der Waals surface area contributed by atoms with E-state index in [0.717, 1.165) is 12.8 Å². The molecule has 4 aromatic rings. The van der Waals surface area contributed by atoms with Crippen molar-refractivity contribution in [1.29, 1.82) is 0 Å². The second-order valence-electron chi connectivity index (χ2n) is 9.15. The van der Waals surface area contributed by atoms with Crippen LogP contribution in [0.25, 0.3) is 22.3 Å². The Morgan fingerprint density at radius 3 is 2.58 bits per heavy atom. The van der Waals surface area contributed by atoms with Gasteiger partial charge in [-0.15, -0.1) is 0 Å². The van der Waals surface area contributed by atoms with Gasteiger partial charge in [-0.2, -0.15) is 4.98 Å². The van der Waals surface area contributed by atoms with Gasteiger partial charge < -0.3 is 31.0 Å². The quantitative estimate of drug-likeness (QED) is 0.156. The van der Waals surface area contributed by atoms with E-state index in [4.69, 9.17) is 21.3 Å². The molecule has 14 nitrogen and oxygen atoms in total. The van der Waals surface area contributed by atoms with Crippen LogP contribution in [0.4, 0.5) is 11.8 Å². The van der Waals surface area contributed by atoms with Gasteiger partial charge in [-0.3, -0.25) is 14.3 Å². The van der Waals surface area contributed by atoms with E-state index in [0.29, 0.717) is 22.6 Å². The third kappa shape index (κ3) is 5.82. The highest BCUT2D eigenvalue weighted by Gasteiger charge is 2.23. The fourth-order valence-electron chi connectivity index (χ4n) is 4.39. The number of aromatic nitrogens is 8. The summed E-state index contributed by atoms with van der Waals surface area (Å²) in [6, 6.07) is -0.0221. The van der Waals surface area contributed by atoms with E-state index in [1.165, 1.54) is 31.9 Å². The Labute approximate surface area is 218 Å². The number of nitrogen functional groups attached to an aromatic ring is 2. The highest BCUT2D eigenvalue weighted by Crippen LogP contribution is 2.26. The largest absolute Gasteiger partial charge is 0.393 e. The topological polar surface area (TPSA) is 209 Å². The van der Waals surface area contributed by atoms with Gasteiger partial charge in [-0.1, -0.05) is 38.7 Å². The molecule has 0 amide bonds. The Morgan fingerprint density at radius 1 is 1.08 bits per heavy atom. The van der Waals surface area contributed by atoms with Crippen LogP contribution < -0.4 is 17.0 Å². The first kappa shape index (κ1) is 27.2. The van der Waals surface area contributed by atoms with Crippen LogP contribution >= 0.6 is 0 Å². The lowest BCUT2D eigenvalue weighted by Crippen LogP contribution is -2.21. The van der Waals surface area contributed by atoms with Crippen LogP contribution in [0, 0.1) is 0 Å². The molecule has 38 heavy (non-hydrogen) atoms. The molecule has 4 aromatic heterocycles. The Kier molecular flexibility index (Phi) is 8.66. The normalized spacial score (nSPS) is 18.5. The zero-order valence-electron chi connectivity index (χ0n) is 21.4. The minimum atomic E-state index is -0.454. The molecule has 0 fully saturated rings. The number of unbranched alkanes of at least 4 members (excludes halogenated alkanes) is 3. The van der Waals surface area contributed by atoms with E-state index >= 15 is 0 Å². The number of imidazole rings is 2. The van der Waals surface area contributed by atoms with Crippen molar-refractivity contribution in [2.45, 2.75) is 70.4 Å². The van der Waals surface area contributed by atoms with Crippen molar-refractivity contribution >= 4 is 34.1 Å². The van der Waals surface area contributed by atoms with Crippen molar-refractivity contribution in [2.75, 3.05) is 18.1 Å². The number of nitrogens with one attached hydrogen (secondary N) is 1. The Bertz CT molecular complexity index is 1440. The minimum Gasteiger partial charge on any atom is -0.393 e. The minimum absolute atomic E-state index is 0.0221. The lowest BCUT2D eigenvalue weighted by atomic mass is 10.0. The van der Waals surface area contributed by atoms with Crippen molar-refractivity contribution in [3.8, 4) is 0 Å². The average Bonchev–Trinajstić information content (AvgIpc) is 3.63. The summed E-state index contributed by atoms with van der Waals surface area (Å²) in [4.78, 5) is 34.4. The summed E-state index contributed by atoms with van der Waals surface area (Å²) >= 11 is 0. The van der Waals surface area contributed by atoms with Gasteiger partial charge in [0.2, 0.25) is 5.95 Å². The smallest absolute Gasteiger partial charge is 0.280 e. The number of aliphatic hydroxyl groups excluding tert-OH is 2. The van der Waals surface area contributed by atoms with Crippen LogP contribution in [0.15, 0.2) is 35.9 Å². The first-order valence-corrected chi connectivity index (χ1v) is 12.6. The average molecular weight is 527 g/mol. The molecule has 0 saturated carbocycles. The van der Waals surface area contributed by atoms with Gasteiger partial charge in [-0.25, -0.2) is 19.9 Å². The summed E-state index contributed by atoms with van der Waals surface area (Å²) in [5, 5.41) is 19.0. The molecule has 0 bridgehead atoms. The van der Waals surface area contributed by atoms with Gasteiger partial charge >= 0.3 is 0 Å². The molecule has 0 saturated heterocycles. The number of fused-ring (bicyclic) bond motifs is 2. The molecule has 204 valence electrons. The second-order valence-corrected chi connectivity index (χ2v) is 9.15. The summed E-state index contributed by atoms with van der Waals surface area (Å²) < 4.78 is 9.02. The second kappa shape index (κ2) is 12.1. The number of aliphatic hydroxyl groups is 2. The molecule has 0 aliphatic carbocycles. The molecule has 0 radical (unpaired) electrons. The van der Waals surface area contributed by atoms with Crippen molar-refractivity contribution < 1.29 is 14.9 Å². The molecule has 5 rings (SSSR count). The van der Waals surface area contributed by atoms with E-state index in [1.54, 1.807) is 30.0 Å². The molecule has 0 spiro atoms. The molecule has 0 aromatic carbocycles. The van der Waals surface area contributed by atoms with E-state index in [-0.39, 0.29) is 30.2 Å². The van der Waals surface area contributed by atoms with Gasteiger partial charge in [0, 0.05) is 0 Å². The number of nitrogens with two attached hydrogens (primary N) is 2. The van der Waals surface area contributed by atoms with Crippen molar-refractivity contribution in [3.63, 3.8) is 0 Å². The van der Waals surface area contributed by atoms with Gasteiger partial charge in [0.1, 0.15) is 17.9 Å². The summed E-state index contributed by atoms with van der Waals surface area (Å²) in [5.74, 6) is 0.402. The van der Waals surface area contributed by atoms with E-state index in [2.05, 4.69) is 36.8 Å². The summed E-state index contributed by atoms with van der Waals surface area (Å²) in [7, 11) is 0. The molecule has 1 aliphatic heterocycles. The first-order valence-electron chi connectivity index (χ1n) is 12.6. The van der Waals surface area contributed by atoms with Crippen LogP contribution in [0.3, 0.4) is 0 Å². The number of ether oxygens (including phenoxy) is 1. The zero-order valence-corrected chi connectivity index (χ0v) is 21.4. The first-order chi connectivity index (χ1) is 18.3. The monoisotopic (exact) mass is 526 g/mol. The number of nitrogens with zero attached hydrogens (tertiary/aromatic N) is 7. The van der Waals surface area contributed by atoms with Gasteiger partial charge in [-0.05, 0) is 19.4 Å². The Balaban J connectivity index is 0.000000178. The SMILES string of the molecule is CCCCCC[C@@H]([C@H](C)O)n1cnc2c(N)ncnc21.Nc1nc2c(ncn2[C@H]2C=C[C@@H](CO)O2)c(=O)[nH]1. The molecular formula is C24H34N10O4. The van der Waals surface area contributed by atoms with Crippen LogP contribution in [0.1, 0.15) is 58.2 Å². The van der Waals surface area contributed by atoms with Crippen LogP contribution in [0.2, 0.25) is 0 Å². The van der Waals surface area contributed by atoms with Crippen molar-refractivity contribution in [1.82, 2.24) is 39.0 Å². The highest BCUT2D eigenvalue weighted by molar-refractivity contribution is 5.81. The predicted octanol–water partition coefficient (Wildman–Crippen LogP) is 1.45. The van der Waals surface area contributed by atoms with Crippen molar-refractivity contribution in [2.24, 2.45) is 0 Å². The maximum atomic E-state index is 11.6. The van der Waals surface area contributed by atoms with Crippen LogP contribution in [-0.4, -0.2) is 68.1 Å². The fourth-order valence-corrected chi connectivity index (χ4v) is 4.39. The Hall–Kier alpha value is -3.88. The zero-order chi connectivity index (χ0) is 27.2. The van der Waals surface area contributed by atoms with E-state index < -0.39 is 17.9 Å². The van der Waals surface area contributed by atoms with Gasteiger partial charge in [0.15, 0.2) is 28.9 Å². The lowest BCUT2D eigenvalue weighted by Gasteiger charge is -2.21. The van der Waals surface area contributed by atoms with Crippen molar-refractivity contribution in [3.05, 3.63) is 41.5 Å². The molecule has 14 heteroatoms. The van der Waals surface area contributed by atoms with E-state index in [9.17, 15) is 9.90 Å². The summed E-state index contributed by atoms with van der Waals surface area (Å²) in [6.07, 6.45) is 12.5. The lowest BCUT2D eigenvalue weighted by molar-refractivity contribution is -0.00638. The number of aromatic amines is 1. The molecule has 0 unspecified atom stereocenters. The highest BCUT2D eigenvalue weighted by atomic mass is 16.5. The number of hydrogen-bond acceptors (Lipinski definition) is 11. The van der Waals surface area contributed by atoms with Crippen LogP contribution in [-0.2, 0) is 4.74 Å². The maximum absolute atomic E-state index is 11.6. The third-order valence-corrected chi connectivity index (χ3v) is 6.36. The number of hydrogen-bond donors (Lipinski definition) is 5. The standard InChI is InChI=1S/C14H23N5O.C10H11N5O3/c1-3-4-5-6-7-11(10(2)20)19-9-18-12-13(15)16-8-17-14(12)19;11-10-13-8-7(9(17)14-10)12-4-15(8)6-2-1-5(3-16)18-6/h8-11,20H,3-7H2,1-2H3,(H2,15,16,17);1-2,4-6,16H,3H2,(H3,11,13,14,17)/t10-,11-;5-,6+/m00/s1. The van der Waals surface area contributed by atoms with Crippen LogP contribution in [0.5, 0.6) is 0 Å². The number of H-pyrrole nitrogens is 1. The number of anilines is 2. The predicted molar refractivity (Wildman–Crippen MR) is 142 cm³/mol. The van der Waals surface area contributed by atoms with E-state index in [1.807, 2.05) is 4.57 Å². The number of rotatable bonds is 9. The van der Waals surface area contributed by atoms with Gasteiger partial charge in [0.25, 0.3) is 5.56 Å². The molecule has 7 N–H and O–H groups in total. The fraction of sp³-hybridized carbons (Fsp3) is 0.500. The molecule has 5 heterocycles. The summed E-state index contributed by atoms with van der Waals surface area (Å²) in [6.45, 7) is 3.89.